The zero-order valence-corrected chi connectivity index (χ0v) is 12.8. The van der Waals surface area contributed by atoms with Gasteiger partial charge in [-0.25, -0.2) is 0 Å². The van der Waals surface area contributed by atoms with Crippen LogP contribution in [0.25, 0.3) is 22.1 Å². The zero-order chi connectivity index (χ0) is 15.8. The molecule has 0 unspecified atom stereocenters. The van der Waals surface area contributed by atoms with Crippen LogP contribution in [0.15, 0.2) is 55.2 Å². The molecule has 0 aliphatic rings. The van der Waals surface area contributed by atoms with Gasteiger partial charge in [0.1, 0.15) is 0 Å². The van der Waals surface area contributed by atoms with E-state index in [1.54, 1.807) is 10.7 Å². The van der Waals surface area contributed by atoms with Gasteiger partial charge < -0.3 is 0 Å². The summed E-state index contributed by atoms with van der Waals surface area (Å²) >= 11 is 0. The van der Waals surface area contributed by atoms with E-state index in [4.69, 9.17) is 0 Å². The lowest BCUT2D eigenvalue weighted by molar-refractivity contribution is 0.831. The van der Waals surface area contributed by atoms with Crippen molar-refractivity contribution in [3.05, 3.63) is 72.3 Å². The first-order valence-corrected chi connectivity index (χ1v) is 7.41. The smallest absolute Gasteiger partial charge is 0.177 e. The Morgan fingerprint density at radius 3 is 2.91 bits per heavy atom. The zero-order valence-electron chi connectivity index (χ0n) is 12.8. The first-order valence-electron chi connectivity index (χ1n) is 7.41. The maximum absolute atomic E-state index is 4.57. The van der Waals surface area contributed by atoms with Gasteiger partial charge >= 0.3 is 0 Å². The second-order valence-corrected chi connectivity index (χ2v) is 5.59. The van der Waals surface area contributed by atoms with Gasteiger partial charge in [0, 0.05) is 18.0 Å². The SMILES string of the molecule is C=C(C)c1ccc2nnc(Cc3ccc4ncccc4c3)n2n1. The Morgan fingerprint density at radius 2 is 2.04 bits per heavy atom. The lowest BCUT2D eigenvalue weighted by atomic mass is 10.1. The van der Waals surface area contributed by atoms with Crippen LogP contribution in [0, 0.1) is 0 Å². The van der Waals surface area contributed by atoms with E-state index in [0.717, 1.165) is 39.2 Å². The highest BCUT2D eigenvalue weighted by atomic mass is 15.4. The van der Waals surface area contributed by atoms with E-state index in [-0.39, 0.29) is 0 Å². The maximum Gasteiger partial charge on any atom is 0.177 e. The molecule has 0 fully saturated rings. The van der Waals surface area contributed by atoms with E-state index in [0.29, 0.717) is 6.42 Å². The van der Waals surface area contributed by atoms with Crippen molar-refractivity contribution in [3.63, 3.8) is 0 Å². The highest BCUT2D eigenvalue weighted by Gasteiger charge is 2.09. The Morgan fingerprint density at radius 1 is 1.13 bits per heavy atom. The van der Waals surface area contributed by atoms with Gasteiger partial charge in [-0.2, -0.15) is 9.61 Å². The molecular weight excluding hydrogens is 286 g/mol. The monoisotopic (exact) mass is 301 g/mol. The molecular formula is C18H15N5. The molecule has 0 aliphatic carbocycles. The number of benzene rings is 1. The number of hydrogen-bond donors (Lipinski definition) is 0. The summed E-state index contributed by atoms with van der Waals surface area (Å²) in [5.41, 5.74) is 4.66. The molecule has 0 radical (unpaired) electrons. The van der Waals surface area contributed by atoms with Crippen molar-refractivity contribution in [2.75, 3.05) is 0 Å². The molecule has 0 saturated carbocycles. The molecule has 0 amide bonds. The molecule has 0 N–H and O–H groups in total. The minimum Gasteiger partial charge on any atom is -0.256 e. The average Bonchev–Trinajstić information content (AvgIpc) is 2.97. The summed E-state index contributed by atoms with van der Waals surface area (Å²) in [5.74, 6) is 0.811. The van der Waals surface area contributed by atoms with E-state index in [1.807, 2.05) is 31.2 Å². The van der Waals surface area contributed by atoms with Crippen LogP contribution in [0.4, 0.5) is 0 Å². The van der Waals surface area contributed by atoms with E-state index in [2.05, 4.69) is 45.1 Å². The summed E-state index contributed by atoms with van der Waals surface area (Å²) in [5, 5.41) is 14.2. The highest BCUT2D eigenvalue weighted by Crippen LogP contribution is 2.17. The summed E-state index contributed by atoms with van der Waals surface area (Å²) in [6.45, 7) is 5.88. The number of pyridine rings is 1. The molecule has 3 aromatic heterocycles. The predicted molar refractivity (Wildman–Crippen MR) is 90.0 cm³/mol. The van der Waals surface area contributed by atoms with Crippen LogP contribution in [0.1, 0.15) is 24.0 Å². The van der Waals surface area contributed by atoms with Crippen molar-refractivity contribution >= 4 is 22.1 Å². The second-order valence-electron chi connectivity index (χ2n) is 5.59. The quantitative estimate of drug-likeness (QED) is 0.582. The largest absolute Gasteiger partial charge is 0.256 e. The van der Waals surface area contributed by atoms with Crippen LogP contribution < -0.4 is 0 Å². The van der Waals surface area contributed by atoms with E-state index < -0.39 is 0 Å². The lowest BCUT2D eigenvalue weighted by Crippen LogP contribution is -2.02. The molecule has 0 saturated heterocycles. The third-order valence-electron chi connectivity index (χ3n) is 3.79. The van der Waals surface area contributed by atoms with Crippen LogP contribution in [0.3, 0.4) is 0 Å². The topological polar surface area (TPSA) is 56.0 Å². The van der Waals surface area contributed by atoms with Crippen molar-refractivity contribution < 1.29 is 0 Å². The van der Waals surface area contributed by atoms with Crippen molar-refractivity contribution in [2.45, 2.75) is 13.3 Å². The standard InChI is InChI=1S/C18H15N5/c1-12(2)15-7-8-17-20-21-18(23(17)22-15)11-13-5-6-16-14(10-13)4-3-9-19-16/h3-10H,1,11H2,2H3. The van der Waals surface area contributed by atoms with Crippen LogP contribution in [0.5, 0.6) is 0 Å². The Hall–Kier alpha value is -3.08. The van der Waals surface area contributed by atoms with Crippen molar-refractivity contribution in [1.82, 2.24) is 24.8 Å². The van der Waals surface area contributed by atoms with Gasteiger partial charge in [0.25, 0.3) is 0 Å². The first kappa shape index (κ1) is 13.6. The normalized spacial score (nSPS) is 11.2. The summed E-state index contributed by atoms with van der Waals surface area (Å²) in [4.78, 5) is 4.35. The minimum atomic E-state index is 0.665. The van der Waals surface area contributed by atoms with Gasteiger partial charge in [0.05, 0.1) is 11.2 Å². The van der Waals surface area contributed by atoms with Crippen LogP contribution in [-0.4, -0.2) is 24.8 Å². The summed E-state index contributed by atoms with van der Waals surface area (Å²) in [7, 11) is 0. The minimum absolute atomic E-state index is 0.665. The van der Waals surface area contributed by atoms with E-state index in [1.165, 1.54) is 0 Å². The third-order valence-corrected chi connectivity index (χ3v) is 3.79. The van der Waals surface area contributed by atoms with Gasteiger partial charge in [-0.3, -0.25) is 4.98 Å². The van der Waals surface area contributed by atoms with Gasteiger partial charge in [-0.15, -0.1) is 10.2 Å². The fourth-order valence-corrected chi connectivity index (χ4v) is 2.59. The van der Waals surface area contributed by atoms with Crippen molar-refractivity contribution in [1.29, 1.82) is 0 Å². The number of rotatable bonds is 3. The molecule has 5 heteroatoms. The molecule has 1 aromatic carbocycles. The summed E-state index contributed by atoms with van der Waals surface area (Å²) in [6.07, 6.45) is 2.47. The van der Waals surface area contributed by atoms with Gasteiger partial charge in [0.2, 0.25) is 0 Å². The molecule has 4 aromatic rings. The third kappa shape index (κ3) is 2.46. The van der Waals surface area contributed by atoms with Crippen LogP contribution in [0.2, 0.25) is 0 Å². The van der Waals surface area contributed by atoms with Crippen LogP contribution >= 0.6 is 0 Å². The molecule has 0 aliphatic heterocycles. The Balaban J connectivity index is 1.76. The molecule has 0 spiro atoms. The summed E-state index contributed by atoms with van der Waals surface area (Å²) in [6, 6.07) is 14.1. The molecule has 112 valence electrons. The second kappa shape index (κ2) is 5.28. The molecule has 5 nitrogen and oxygen atoms in total. The van der Waals surface area contributed by atoms with E-state index in [9.17, 15) is 0 Å². The van der Waals surface area contributed by atoms with E-state index >= 15 is 0 Å². The molecule has 0 bridgehead atoms. The Bertz CT molecular complexity index is 1030. The lowest BCUT2D eigenvalue weighted by Gasteiger charge is -2.04. The fourth-order valence-electron chi connectivity index (χ4n) is 2.59. The number of hydrogen-bond acceptors (Lipinski definition) is 4. The Labute approximate surface area is 133 Å². The van der Waals surface area contributed by atoms with Gasteiger partial charge in [-0.1, -0.05) is 18.7 Å². The first-order chi connectivity index (χ1) is 11.2. The number of nitrogens with zero attached hydrogens (tertiary/aromatic N) is 5. The maximum atomic E-state index is 4.57. The molecule has 4 rings (SSSR count). The van der Waals surface area contributed by atoms with Gasteiger partial charge in [0.15, 0.2) is 11.5 Å². The molecule has 0 atom stereocenters. The fraction of sp³-hybridized carbons (Fsp3) is 0.111. The van der Waals surface area contributed by atoms with Crippen molar-refractivity contribution in [3.8, 4) is 0 Å². The molecule has 23 heavy (non-hydrogen) atoms. The number of allylic oxidation sites excluding steroid dienone is 1. The van der Waals surface area contributed by atoms with Crippen LogP contribution in [-0.2, 0) is 6.42 Å². The predicted octanol–water partition coefficient (Wildman–Crippen LogP) is 3.30. The average molecular weight is 301 g/mol. The highest BCUT2D eigenvalue weighted by molar-refractivity contribution is 5.79. The number of aromatic nitrogens is 5. The number of fused-ring (bicyclic) bond motifs is 2. The Kier molecular flexibility index (Phi) is 3.12. The van der Waals surface area contributed by atoms with Crippen molar-refractivity contribution in [2.24, 2.45) is 0 Å². The van der Waals surface area contributed by atoms with Gasteiger partial charge in [-0.05, 0) is 48.4 Å². The molecule has 3 heterocycles. The summed E-state index contributed by atoms with van der Waals surface area (Å²) < 4.78 is 1.79.